The SMILES string of the molecule is CN(C)CCN(Cc1ccncc1)C(=O)Nc1cccc2cnccc12. The Kier molecular flexibility index (Phi) is 5.76. The molecule has 0 spiro atoms. The molecule has 0 fully saturated rings. The van der Waals surface area contributed by atoms with Crippen molar-refractivity contribution in [1.82, 2.24) is 19.8 Å². The van der Waals surface area contributed by atoms with E-state index in [1.54, 1.807) is 24.8 Å². The number of amides is 2. The molecule has 0 aliphatic rings. The second-order valence-electron chi connectivity index (χ2n) is 6.41. The van der Waals surface area contributed by atoms with Gasteiger partial charge in [0.1, 0.15) is 0 Å². The summed E-state index contributed by atoms with van der Waals surface area (Å²) in [5, 5.41) is 5.03. The minimum absolute atomic E-state index is 0.118. The Morgan fingerprint density at radius 1 is 1.00 bits per heavy atom. The van der Waals surface area contributed by atoms with Crippen molar-refractivity contribution >= 4 is 22.5 Å². The van der Waals surface area contributed by atoms with Crippen LogP contribution in [-0.2, 0) is 6.54 Å². The Morgan fingerprint density at radius 3 is 2.54 bits per heavy atom. The minimum Gasteiger partial charge on any atom is -0.319 e. The first kappa shape index (κ1) is 17.8. The lowest BCUT2D eigenvalue weighted by molar-refractivity contribution is 0.202. The van der Waals surface area contributed by atoms with Gasteiger partial charge in [0.15, 0.2) is 0 Å². The molecule has 0 atom stereocenters. The zero-order valence-corrected chi connectivity index (χ0v) is 15.1. The number of carbonyl (C=O) groups excluding carboxylic acids is 1. The number of carbonyl (C=O) groups is 1. The fourth-order valence-corrected chi connectivity index (χ4v) is 2.71. The van der Waals surface area contributed by atoms with Gasteiger partial charge in [-0.25, -0.2) is 4.79 Å². The number of benzene rings is 1. The molecule has 2 heterocycles. The van der Waals surface area contributed by atoms with E-state index in [1.165, 1.54) is 0 Å². The van der Waals surface area contributed by atoms with Crippen LogP contribution in [0.5, 0.6) is 0 Å². The van der Waals surface area contributed by atoms with Gasteiger partial charge in [0.05, 0.1) is 5.69 Å². The molecule has 6 nitrogen and oxygen atoms in total. The van der Waals surface area contributed by atoms with Crippen LogP contribution in [-0.4, -0.2) is 53.0 Å². The van der Waals surface area contributed by atoms with Gasteiger partial charge in [-0.3, -0.25) is 9.97 Å². The Hall–Kier alpha value is -2.99. The van der Waals surface area contributed by atoms with Crippen LogP contribution in [0.3, 0.4) is 0 Å². The van der Waals surface area contributed by atoms with E-state index in [1.807, 2.05) is 55.4 Å². The molecule has 0 saturated carbocycles. The van der Waals surface area contributed by atoms with Crippen LogP contribution in [0.25, 0.3) is 10.8 Å². The molecule has 0 aliphatic carbocycles. The maximum Gasteiger partial charge on any atom is 0.322 e. The summed E-state index contributed by atoms with van der Waals surface area (Å²) in [7, 11) is 4.00. The maximum absolute atomic E-state index is 12.9. The third kappa shape index (κ3) is 4.55. The maximum atomic E-state index is 12.9. The molecule has 1 aromatic carbocycles. The number of fused-ring (bicyclic) bond motifs is 1. The number of likely N-dealkylation sites (N-methyl/N-ethyl adjacent to an activating group) is 1. The van der Waals surface area contributed by atoms with Crippen molar-refractivity contribution in [3.8, 4) is 0 Å². The fraction of sp³-hybridized carbons (Fsp3) is 0.250. The fourth-order valence-electron chi connectivity index (χ4n) is 2.71. The molecule has 0 radical (unpaired) electrons. The zero-order chi connectivity index (χ0) is 18.4. The van der Waals surface area contributed by atoms with Crippen LogP contribution in [0.2, 0.25) is 0 Å². The van der Waals surface area contributed by atoms with Crippen LogP contribution in [0.1, 0.15) is 5.56 Å². The first-order valence-electron chi connectivity index (χ1n) is 8.56. The normalized spacial score (nSPS) is 10.9. The van der Waals surface area contributed by atoms with Gasteiger partial charge in [-0.15, -0.1) is 0 Å². The Balaban J connectivity index is 1.79. The van der Waals surface area contributed by atoms with Crippen molar-refractivity contribution in [1.29, 1.82) is 0 Å². The van der Waals surface area contributed by atoms with E-state index < -0.39 is 0 Å². The van der Waals surface area contributed by atoms with Gasteiger partial charge in [0.25, 0.3) is 0 Å². The molecule has 1 N–H and O–H groups in total. The monoisotopic (exact) mass is 349 g/mol. The Labute approximate surface area is 153 Å². The number of pyridine rings is 2. The second-order valence-corrected chi connectivity index (χ2v) is 6.41. The Bertz CT molecular complexity index is 861. The molecule has 3 rings (SSSR count). The summed E-state index contributed by atoms with van der Waals surface area (Å²) in [4.78, 5) is 25.0. The summed E-state index contributed by atoms with van der Waals surface area (Å²) in [5.41, 5.74) is 1.84. The van der Waals surface area contributed by atoms with Crippen molar-refractivity contribution in [2.75, 3.05) is 32.5 Å². The van der Waals surface area contributed by atoms with E-state index >= 15 is 0 Å². The molecule has 6 heteroatoms. The lowest BCUT2D eigenvalue weighted by atomic mass is 10.1. The predicted octanol–water partition coefficient (Wildman–Crippen LogP) is 3.23. The highest BCUT2D eigenvalue weighted by atomic mass is 16.2. The molecule has 0 aliphatic heterocycles. The average Bonchev–Trinajstić information content (AvgIpc) is 2.66. The van der Waals surface area contributed by atoms with E-state index in [4.69, 9.17) is 0 Å². The lowest BCUT2D eigenvalue weighted by Crippen LogP contribution is -2.39. The van der Waals surface area contributed by atoms with Gasteiger partial charge >= 0.3 is 6.03 Å². The van der Waals surface area contributed by atoms with Gasteiger partial charge in [-0.2, -0.15) is 0 Å². The highest BCUT2D eigenvalue weighted by Crippen LogP contribution is 2.22. The first-order chi connectivity index (χ1) is 12.6. The number of nitrogens with one attached hydrogen (secondary N) is 1. The number of urea groups is 1. The smallest absolute Gasteiger partial charge is 0.319 e. The molecular weight excluding hydrogens is 326 g/mol. The largest absolute Gasteiger partial charge is 0.322 e. The third-order valence-electron chi connectivity index (χ3n) is 4.15. The molecule has 0 unspecified atom stereocenters. The van der Waals surface area contributed by atoms with E-state index in [0.29, 0.717) is 13.1 Å². The van der Waals surface area contributed by atoms with E-state index in [-0.39, 0.29) is 6.03 Å². The number of hydrogen-bond acceptors (Lipinski definition) is 4. The number of nitrogens with zero attached hydrogens (tertiary/aromatic N) is 4. The lowest BCUT2D eigenvalue weighted by Gasteiger charge is -2.25. The summed E-state index contributed by atoms with van der Waals surface area (Å²) >= 11 is 0. The molecule has 134 valence electrons. The van der Waals surface area contributed by atoms with Crippen LogP contribution in [0.15, 0.2) is 61.2 Å². The summed E-state index contributed by atoms with van der Waals surface area (Å²) in [6.07, 6.45) is 7.02. The third-order valence-corrected chi connectivity index (χ3v) is 4.15. The molecule has 0 bridgehead atoms. The number of anilines is 1. The van der Waals surface area contributed by atoms with Crippen molar-refractivity contribution in [3.63, 3.8) is 0 Å². The number of aromatic nitrogens is 2. The molecule has 2 aromatic heterocycles. The van der Waals surface area contributed by atoms with Gasteiger partial charge in [0.2, 0.25) is 0 Å². The number of rotatable bonds is 6. The number of hydrogen-bond donors (Lipinski definition) is 1. The first-order valence-corrected chi connectivity index (χ1v) is 8.56. The van der Waals surface area contributed by atoms with Gasteiger partial charge in [-0.05, 0) is 43.9 Å². The van der Waals surface area contributed by atoms with Crippen LogP contribution in [0, 0.1) is 0 Å². The highest BCUT2D eigenvalue weighted by Gasteiger charge is 2.15. The average molecular weight is 349 g/mol. The summed E-state index contributed by atoms with van der Waals surface area (Å²) in [5.74, 6) is 0. The highest BCUT2D eigenvalue weighted by molar-refractivity contribution is 6.01. The zero-order valence-electron chi connectivity index (χ0n) is 15.1. The van der Waals surface area contributed by atoms with Crippen LogP contribution < -0.4 is 5.32 Å². The molecule has 3 aromatic rings. The van der Waals surface area contributed by atoms with E-state index in [0.717, 1.165) is 28.6 Å². The molecule has 2 amide bonds. The van der Waals surface area contributed by atoms with Gasteiger partial charge < -0.3 is 15.1 Å². The van der Waals surface area contributed by atoms with Gasteiger partial charge in [0, 0.05) is 55.2 Å². The van der Waals surface area contributed by atoms with Crippen molar-refractivity contribution in [2.24, 2.45) is 0 Å². The summed E-state index contributed by atoms with van der Waals surface area (Å²) in [6, 6.07) is 11.5. The van der Waals surface area contributed by atoms with Gasteiger partial charge in [-0.1, -0.05) is 12.1 Å². The van der Waals surface area contributed by atoms with E-state index in [9.17, 15) is 4.79 Å². The molecule has 26 heavy (non-hydrogen) atoms. The Morgan fingerprint density at radius 2 is 1.77 bits per heavy atom. The van der Waals surface area contributed by atoms with Crippen molar-refractivity contribution in [2.45, 2.75) is 6.54 Å². The van der Waals surface area contributed by atoms with E-state index in [2.05, 4.69) is 20.2 Å². The van der Waals surface area contributed by atoms with Crippen LogP contribution in [0.4, 0.5) is 10.5 Å². The quantitative estimate of drug-likeness (QED) is 0.742. The second kappa shape index (κ2) is 8.40. The predicted molar refractivity (Wildman–Crippen MR) is 104 cm³/mol. The molecular formula is C20H23N5O. The van der Waals surface area contributed by atoms with Crippen LogP contribution >= 0.6 is 0 Å². The minimum atomic E-state index is -0.118. The topological polar surface area (TPSA) is 61.4 Å². The summed E-state index contributed by atoms with van der Waals surface area (Å²) in [6.45, 7) is 1.96. The summed E-state index contributed by atoms with van der Waals surface area (Å²) < 4.78 is 0. The van der Waals surface area contributed by atoms with Crippen molar-refractivity contribution in [3.05, 3.63) is 66.7 Å². The standard InChI is InChI=1S/C20H23N5O/c1-24(2)12-13-25(15-16-6-9-21-10-7-16)20(26)23-19-5-3-4-17-14-22-11-8-18(17)19/h3-11,14H,12-13,15H2,1-2H3,(H,23,26). The molecule has 0 saturated heterocycles. The van der Waals surface area contributed by atoms with Crippen molar-refractivity contribution < 1.29 is 4.79 Å².